The summed E-state index contributed by atoms with van der Waals surface area (Å²) in [6.07, 6.45) is -22.1. The summed E-state index contributed by atoms with van der Waals surface area (Å²) >= 11 is 0. The minimum atomic E-state index is -1.74. The number of fused-ring (bicyclic) bond motifs is 3. The molecule has 18 atom stereocenters. The van der Waals surface area contributed by atoms with Crippen LogP contribution in [-0.2, 0) is 90.5 Å². The van der Waals surface area contributed by atoms with Crippen molar-refractivity contribution in [2.45, 2.75) is 187 Å². The highest BCUT2D eigenvalue weighted by atomic mass is 16.6. The van der Waals surface area contributed by atoms with Gasteiger partial charge in [0.15, 0.2) is 53.2 Å². The van der Waals surface area contributed by atoms with E-state index in [1.807, 2.05) is 36.4 Å². The molecule has 0 unspecified atom stereocenters. The number of ether oxygens (including phenoxy) is 18. The number of benzene rings is 3. The van der Waals surface area contributed by atoms with Crippen LogP contribution < -0.4 is 77.5 Å². The fraction of sp³-hybridized carbons (Fsp3) is 0.704. The maximum absolute atomic E-state index is 13.3. The SMILES string of the molecule is COc1cc2c(cc1OCCOCCOCCOC(=O)N[C@@H](CCCCN)C(=O)N[C@@H]1O[C@H](CO)[C@@H](O)[C@H](O)[C@H]1O)Cc1cc(OC)c(OCCOCCOCCOC(=O)N[C@@H](CCCCN)C(=O)N[C@@H]3O[C@H](CO)[C@@H](O)[C@H](O)[C@H]3O)cc1Cc1cc(OC)c(OCCOCCOCCOC(=O)N[C@@H](CCCCN)C(=O)N[C@@H]3O[C@H](CO)[C@@H](O)[C@H](O)[C@H]3O)cc1C2. The Hall–Kier alpha value is -8.28. The van der Waals surface area contributed by atoms with Gasteiger partial charge in [0.1, 0.15) is 131 Å². The number of rotatable bonds is 57. The lowest BCUT2D eigenvalue weighted by Crippen LogP contribution is -2.64. The van der Waals surface area contributed by atoms with Gasteiger partial charge in [-0.05, 0) is 166 Å². The van der Waals surface area contributed by atoms with Crippen molar-refractivity contribution < 1.29 is 175 Å². The Kier molecular flexibility index (Phi) is 47.3. The van der Waals surface area contributed by atoms with Crippen LogP contribution in [0.2, 0.25) is 0 Å². The minimum absolute atomic E-state index is 0.0298. The Morgan fingerprint density at radius 3 is 0.770 bits per heavy atom. The maximum atomic E-state index is 13.3. The van der Waals surface area contributed by atoms with E-state index >= 15 is 0 Å². The molecule has 0 saturated carbocycles. The first kappa shape index (κ1) is 105. The molecule has 0 radical (unpaired) electrons. The number of hydrogen-bond acceptors (Lipinski definition) is 39. The highest BCUT2D eigenvalue weighted by Crippen LogP contribution is 2.41. The van der Waals surface area contributed by atoms with Crippen molar-refractivity contribution >= 4 is 36.0 Å². The molecule has 126 heavy (non-hydrogen) atoms. The average molecular weight is 1800 g/mol. The minimum Gasteiger partial charge on any atom is -0.493 e. The topological polar surface area (TPSA) is 662 Å². The van der Waals surface area contributed by atoms with Gasteiger partial charge < -0.3 is 196 Å². The van der Waals surface area contributed by atoms with Gasteiger partial charge in [-0.15, -0.1) is 0 Å². The van der Waals surface area contributed by atoms with E-state index in [-0.39, 0.29) is 138 Å². The molecule has 1 aliphatic carbocycles. The predicted octanol–water partition coefficient (Wildman–Crippen LogP) is -5.55. The first-order valence-electron chi connectivity index (χ1n) is 42.0. The molecule has 3 aliphatic heterocycles. The first-order chi connectivity index (χ1) is 60.8. The van der Waals surface area contributed by atoms with Crippen LogP contribution in [0, 0.1) is 0 Å². The lowest BCUT2D eigenvalue weighted by molar-refractivity contribution is -0.236. The zero-order valence-electron chi connectivity index (χ0n) is 71.2. The molecule has 4 aliphatic rings. The maximum Gasteiger partial charge on any atom is 0.407 e. The number of unbranched alkanes of at least 4 members (excludes halogenated alkanes) is 3. The predicted molar refractivity (Wildman–Crippen MR) is 438 cm³/mol. The molecule has 0 aromatic heterocycles. The lowest BCUT2D eigenvalue weighted by atomic mass is 9.94. The van der Waals surface area contributed by atoms with E-state index < -0.39 is 166 Å². The van der Waals surface area contributed by atoms with E-state index in [4.69, 9.17) is 102 Å². The number of nitrogens with one attached hydrogen (secondary N) is 6. The standard InChI is InChI=1S/C81H129N9O36/c1-109-55-37-46-34-50-41-59(119-29-23-113-17-20-116-26-32-122-80(107)86-53(11-5-8-14-83)74(104)89-77-71(101)68(98)65(95)62(44-92)125-77)57(111-3)39-48(50)36-51-42-60(120-30-24-114-18-21-117-27-33-123-81(108)87-54(12-6-9-15-84)75(105)90-78-72(102)69(99)66(96)63(45-93)126-78)56(110-2)38-47(51)35-49(46)40-58(55)118-28-22-112-16-19-115-25-31-121-79(106)85-52(10-4-7-13-82)73(103)88-76-70(100)67(97)64(94)61(43-91)124-76/h37-42,52-54,61-72,76-78,91-102H,4-36,43-45,82-84H2,1-3H3,(H,85,106)(H,86,107)(H,87,108)(H,88,103)(H,89,104)(H,90,105)/t52-,53-,54-,61+,62+,63+,64+,65+,66+,67-,68-,69-,70+,71+,72+,76+,77+,78+/m0/s1. The molecule has 0 bridgehead atoms. The summed E-state index contributed by atoms with van der Waals surface area (Å²) in [4.78, 5) is 78.4. The fourth-order valence-electron chi connectivity index (χ4n) is 13.8. The lowest BCUT2D eigenvalue weighted by Gasteiger charge is -2.40. The molecule has 7 rings (SSSR count). The largest absolute Gasteiger partial charge is 0.493 e. The molecule has 0 spiro atoms. The highest BCUT2D eigenvalue weighted by molar-refractivity contribution is 5.87. The van der Waals surface area contributed by atoms with Crippen molar-refractivity contribution in [2.75, 3.05) is 180 Å². The molecule has 45 nitrogen and oxygen atoms in total. The van der Waals surface area contributed by atoms with Gasteiger partial charge in [-0.2, -0.15) is 0 Å². The Labute approximate surface area is 728 Å². The Morgan fingerprint density at radius 2 is 0.548 bits per heavy atom. The zero-order valence-corrected chi connectivity index (χ0v) is 71.2. The average Bonchev–Trinajstić information content (AvgIpc) is 1.62. The van der Waals surface area contributed by atoms with Gasteiger partial charge in [-0.1, -0.05) is 0 Å². The summed E-state index contributed by atoms with van der Waals surface area (Å²) in [5, 5.41) is 136. The third-order valence-corrected chi connectivity index (χ3v) is 20.8. The third kappa shape index (κ3) is 33.3. The van der Waals surface area contributed by atoms with Crippen molar-refractivity contribution in [3.05, 3.63) is 69.8 Å². The second-order valence-corrected chi connectivity index (χ2v) is 29.7. The normalized spacial score (nSPS) is 23.4. The van der Waals surface area contributed by atoms with E-state index in [9.17, 15) is 90.0 Å². The van der Waals surface area contributed by atoms with Crippen molar-refractivity contribution in [3.63, 3.8) is 0 Å². The molecule has 24 N–H and O–H groups in total. The number of nitrogens with two attached hydrogens (primary N) is 3. The summed E-state index contributed by atoms with van der Waals surface area (Å²) < 4.78 is 103. The van der Waals surface area contributed by atoms with Crippen molar-refractivity contribution in [2.24, 2.45) is 17.2 Å². The van der Waals surface area contributed by atoms with Crippen LogP contribution in [0.15, 0.2) is 36.4 Å². The van der Waals surface area contributed by atoms with Gasteiger partial charge in [-0.3, -0.25) is 14.4 Å². The number of aliphatic hydroxyl groups excluding tert-OH is 12. The Balaban J connectivity index is 0.928. The second kappa shape index (κ2) is 56.9. The smallest absolute Gasteiger partial charge is 0.407 e. The molecule has 3 saturated heterocycles. The number of amides is 6. The van der Waals surface area contributed by atoms with Crippen LogP contribution in [0.4, 0.5) is 14.4 Å². The fourth-order valence-corrected chi connectivity index (χ4v) is 13.8. The van der Waals surface area contributed by atoms with Gasteiger partial charge in [0.05, 0.1) is 120 Å². The Bertz CT molecular complexity index is 3360. The number of methoxy groups -OCH3 is 3. The van der Waals surface area contributed by atoms with E-state index in [0.717, 1.165) is 33.4 Å². The number of carbonyl (C=O) groups is 6. The van der Waals surface area contributed by atoms with Gasteiger partial charge in [0.25, 0.3) is 0 Å². The van der Waals surface area contributed by atoms with E-state index in [1.165, 1.54) is 21.3 Å². The monoisotopic (exact) mass is 1800 g/mol. The number of carbonyl (C=O) groups excluding carboxylic acids is 6. The van der Waals surface area contributed by atoms with Crippen molar-refractivity contribution in [3.8, 4) is 34.5 Å². The molecular formula is C81H129N9O36. The highest BCUT2D eigenvalue weighted by Gasteiger charge is 2.48. The molecule has 3 aromatic carbocycles. The summed E-state index contributed by atoms with van der Waals surface area (Å²) in [5.74, 6) is 0.261. The number of hydrogen-bond donors (Lipinski definition) is 21. The second-order valence-electron chi connectivity index (χ2n) is 29.7. The van der Waals surface area contributed by atoms with E-state index in [2.05, 4.69) is 31.9 Å². The van der Waals surface area contributed by atoms with Gasteiger partial charge >= 0.3 is 18.3 Å². The summed E-state index contributed by atoms with van der Waals surface area (Å²) in [7, 11) is 4.59. The van der Waals surface area contributed by atoms with Gasteiger partial charge in [0.2, 0.25) is 17.7 Å². The number of aliphatic hydroxyl groups is 12. The molecule has 3 heterocycles. The summed E-state index contributed by atoms with van der Waals surface area (Å²) in [5.41, 5.74) is 22.3. The Morgan fingerprint density at radius 1 is 0.325 bits per heavy atom. The molecular weight excluding hydrogens is 1670 g/mol. The molecule has 6 amide bonds. The molecule has 3 fully saturated rings. The van der Waals surface area contributed by atoms with Crippen LogP contribution in [0.5, 0.6) is 34.5 Å². The number of alkyl carbamates (subject to hydrolysis) is 3. The molecule has 3 aromatic rings. The van der Waals surface area contributed by atoms with Crippen molar-refractivity contribution in [1.82, 2.24) is 31.9 Å². The van der Waals surface area contributed by atoms with Gasteiger partial charge in [-0.25, -0.2) is 14.4 Å². The van der Waals surface area contributed by atoms with Crippen LogP contribution in [0.25, 0.3) is 0 Å². The summed E-state index contributed by atoms with van der Waals surface area (Å²) in [6.45, 7) is -0.417. The van der Waals surface area contributed by atoms with E-state index in [1.54, 1.807) is 0 Å². The first-order valence-corrected chi connectivity index (χ1v) is 42.0. The quantitative estimate of drug-likeness (QED) is 0.0145. The summed E-state index contributed by atoms with van der Waals surface area (Å²) in [6, 6.07) is 8.00. The molecule has 714 valence electrons. The van der Waals surface area contributed by atoms with Crippen LogP contribution in [0.3, 0.4) is 0 Å². The third-order valence-electron chi connectivity index (χ3n) is 20.8. The van der Waals surface area contributed by atoms with Gasteiger partial charge in [0, 0.05) is 0 Å². The van der Waals surface area contributed by atoms with Crippen LogP contribution in [0.1, 0.15) is 91.2 Å². The van der Waals surface area contributed by atoms with Crippen molar-refractivity contribution in [1.29, 1.82) is 0 Å². The zero-order chi connectivity index (χ0) is 91.5. The molecule has 45 heteroatoms. The van der Waals surface area contributed by atoms with Crippen LogP contribution >= 0.6 is 0 Å². The van der Waals surface area contributed by atoms with Crippen LogP contribution in [-0.4, -0.2) is 387 Å². The van der Waals surface area contributed by atoms with E-state index in [0.29, 0.717) is 112 Å².